The number of nitrogens with one attached hydrogen (secondary N) is 2. The Hall–Kier alpha value is -0.570. The van der Waals surface area contributed by atoms with Gasteiger partial charge in [0.1, 0.15) is 0 Å². The summed E-state index contributed by atoms with van der Waals surface area (Å²) in [6.07, 6.45) is 1.97. The van der Waals surface area contributed by atoms with Crippen molar-refractivity contribution in [3.63, 3.8) is 0 Å². The van der Waals surface area contributed by atoms with Gasteiger partial charge in [-0.15, -0.1) is 0 Å². The normalized spacial score (nSPS) is 26.5. The molecule has 1 aliphatic heterocycles. The number of hydrogen-bond donors (Lipinski definition) is 2. The molecule has 0 bridgehead atoms. The van der Waals surface area contributed by atoms with Crippen LogP contribution >= 0.6 is 0 Å². The zero-order chi connectivity index (χ0) is 13.1. The number of carbonyl (C=O) groups excluding carboxylic acids is 1. The molecule has 0 aromatic heterocycles. The molecule has 0 aromatic rings. The van der Waals surface area contributed by atoms with Gasteiger partial charge >= 0.3 is 0 Å². The molecule has 2 N–H and O–H groups in total. The van der Waals surface area contributed by atoms with Crippen LogP contribution in [0.2, 0.25) is 0 Å². The Bertz CT molecular complexity index is 255. The highest BCUT2D eigenvalue weighted by atomic mass is 16.2. The zero-order valence-corrected chi connectivity index (χ0v) is 12.0. The smallest absolute Gasteiger partial charge is 0.228 e. The van der Waals surface area contributed by atoms with Crippen LogP contribution in [0.1, 0.15) is 47.5 Å². The molecule has 0 spiro atoms. The van der Waals surface area contributed by atoms with Gasteiger partial charge in [0.2, 0.25) is 5.91 Å². The summed E-state index contributed by atoms with van der Waals surface area (Å²) in [6.45, 7) is 12.6. The van der Waals surface area contributed by atoms with Crippen LogP contribution in [0.3, 0.4) is 0 Å². The Morgan fingerprint density at radius 1 is 1.35 bits per heavy atom. The summed E-state index contributed by atoms with van der Waals surface area (Å²) in [5.41, 5.74) is -0.192. The van der Waals surface area contributed by atoms with Crippen LogP contribution in [0, 0.1) is 17.3 Å². The van der Waals surface area contributed by atoms with Gasteiger partial charge in [-0.25, -0.2) is 0 Å². The summed E-state index contributed by atoms with van der Waals surface area (Å²) >= 11 is 0. The SMILES string of the molecule is CCC(NC(=O)C1(C(C)C)CCNC1)C(C)C. The highest BCUT2D eigenvalue weighted by Gasteiger charge is 2.44. The van der Waals surface area contributed by atoms with E-state index in [0.29, 0.717) is 17.9 Å². The van der Waals surface area contributed by atoms with Gasteiger partial charge in [0.25, 0.3) is 0 Å². The molecule has 1 heterocycles. The Balaban J connectivity index is 2.73. The lowest BCUT2D eigenvalue weighted by Gasteiger charge is -2.34. The van der Waals surface area contributed by atoms with E-state index in [2.05, 4.69) is 45.3 Å². The van der Waals surface area contributed by atoms with Crippen LogP contribution in [-0.2, 0) is 4.79 Å². The molecule has 2 atom stereocenters. The highest BCUT2D eigenvalue weighted by molar-refractivity contribution is 5.83. The van der Waals surface area contributed by atoms with Crippen molar-refractivity contribution in [1.82, 2.24) is 10.6 Å². The van der Waals surface area contributed by atoms with E-state index in [4.69, 9.17) is 0 Å². The third-order valence-electron chi connectivity index (χ3n) is 4.31. The maximum atomic E-state index is 12.5. The second-order valence-electron chi connectivity index (χ2n) is 5.97. The maximum absolute atomic E-state index is 12.5. The molecule has 1 saturated heterocycles. The maximum Gasteiger partial charge on any atom is 0.228 e. The molecule has 1 aliphatic rings. The fourth-order valence-corrected chi connectivity index (χ4v) is 2.71. The molecule has 3 heteroatoms. The second-order valence-corrected chi connectivity index (χ2v) is 5.97. The number of amides is 1. The molecule has 0 aliphatic carbocycles. The summed E-state index contributed by atoms with van der Waals surface area (Å²) in [6, 6.07) is 0.304. The molecule has 0 aromatic carbocycles. The summed E-state index contributed by atoms with van der Waals surface area (Å²) in [5.74, 6) is 1.14. The predicted octanol–water partition coefficient (Wildman–Crippen LogP) is 2.17. The predicted molar refractivity (Wildman–Crippen MR) is 71.8 cm³/mol. The van der Waals surface area contributed by atoms with Crippen LogP contribution < -0.4 is 10.6 Å². The first-order valence-electron chi connectivity index (χ1n) is 6.95. The van der Waals surface area contributed by atoms with Crippen LogP contribution in [0.4, 0.5) is 0 Å². The molecular weight excluding hydrogens is 212 g/mol. The van der Waals surface area contributed by atoms with Gasteiger partial charge in [-0.1, -0.05) is 34.6 Å². The van der Waals surface area contributed by atoms with Crippen molar-refractivity contribution in [3.8, 4) is 0 Å². The van der Waals surface area contributed by atoms with E-state index in [1.165, 1.54) is 0 Å². The minimum atomic E-state index is -0.192. The average molecular weight is 240 g/mol. The zero-order valence-electron chi connectivity index (χ0n) is 12.0. The first-order chi connectivity index (χ1) is 7.94. The van der Waals surface area contributed by atoms with E-state index in [1.54, 1.807) is 0 Å². The standard InChI is InChI=1S/C14H28N2O/c1-6-12(10(2)3)16-13(17)14(11(4)5)7-8-15-9-14/h10-12,15H,6-9H2,1-5H3,(H,16,17). The molecule has 100 valence electrons. The largest absolute Gasteiger partial charge is 0.353 e. The number of hydrogen-bond acceptors (Lipinski definition) is 2. The molecule has 17 heavy (non-hydrogen) atoms. The van der Waals surface area contributed by atoms with Gasteiger partial charge < -0.3 is 10.6 Å². The van der Waals surface area contributed by atoms with Gasteiger partial charge in [-0.3, -0.25) is 4.79 Å². The monoisotopic (exact) mass is 240 g/mol. The molecule has 1 amide bonds. The molecule has 1 rings (SSSR count). The van der Waals surface area contributed by atoms with E-state index in [-0.39, 0.29) is 11.3 Å². The van der Waals surface area contributed by atoms with Crippen molar-refractivity contribution in [2.75, 3.05) is 13.1 Å². The molecule has 2 unspecified atom stereocenters. The van der Waals surface area contributed by atoms with Gasteiger partial charge in [-0.05, 0) is 31.2 Å². The lowest BCUT2D eigenvalue weighted by molar-refractivity contribution is -0.133. The van der Waals surface area contributed by atoms with Crippen LogP contribution in [0.5, 0.6) is 0 Å². The van der Waals surface area contributed by atoms with Crippen molar-refractivity contribution >= 4 is 5.91 Å². The number of rotatable bonds is 5. The lowest BCUT2D eigenvalue weighted by atomic mass is 9.75. The molecule has 0 saturated carbocycles. The van der Waals surface area contributed by atoms with Crippen molar-refractivity contribution in [2.45, 2.75) is 53.5 Å². The topological polar surface area (TPSA) is 41.1 Å². The van der Waals surface area contributed by atoms with E-state index in [9.17, 15) is 4.79 Å². The first kappa shape index (κ1) is 14.5. The fourth-order valence-electron chi connectivity index (χ4n) is 2.71. The summed E-state index contributed by atoms with van der Waals surface area (Å²) in [4.78, 5) is 12.5. The molecule has 3 nitrogen and oxygen atoms in total. The Labute approximate surface area is 106 Å². The number of carbonyl (C=O) groups is 1. The summed E-state index contributed by atoms with van der Waals surface area (Å²) < 4.78 is 0. The minimum Gasteiger partial charge on any atom is -0.353 e. The van der Waals surface area contributed by atoms with E-state index >= 15 is 0 Å². The molecular formula is C14H28N2O. The lowest BCUT2D eigenvalue weighted by Crippen LogP contribution is -2.50. The van der Waals surface area contributed by atoms with Gasteiger partial charge in [0.15, 0.2) is 0 Å². The summed E-state index contributed by atoms with van der Waals surface area (Å²) in [5, 5.41) is 6.59. The average Bonchev–Trinajstić information content (AvgIpc) is 2.75. The quantitative estimate of drug-likeness (QED) is 0.773. The van der Waals surface area contributed by atoms with Crippen LogP contribution in [0.15, 0.2) is 0 Å². The Morgan fingerprint density at radius 2 is 2.00 bits per heavy atom. The van der Waals surface area contributed by atoms with E-state index < -0.39 is 0 Å². The third-order valence-corrected chi connectivity index (χ3v) is 4.31. The van der Waals surface area contributed by atoms with Crippen molar-refractivity contribution < 1.29 is 4.79 Å². The first-order valence-corrected chi connectivity index (χ1v) is 6.95. The van der Waals surface area contributed by atoms with Crippen LogP contribution in [0.25, 0.3) is 0 Å². The highest BCUT2D eigenvalue weighted by Crippen LogP contribution is 2.34. The second kappa shape index (κ2) is 5.85. The summed E-state index contributed by atoms with van der Waals surface area (Å²) in [7, 11) is 0. The van der Waals surface area contributed by atoms with Crippen LogP contribution in [-0.4, -0.2) is 25.0 Å². The van der Waals surface area contributed by atoms with E-state index in [1.807, 2.05) is 0 Å². The molecule has 1 fully saturated rings. The Kier molecular flexibility index (Phi) is 4.99. The third kappa shape index (κ3) is 3.01. The van der Waals surface area contributed by atoms with Crippen molar-refractivity contribution in [2.24, 2.45) is 17.3 Å². The van der Waals surface area contributed by atoms with Gasteiger partial charge in [0, 0.05) is 12.6 Å². The van der Waals surface area contributed by atoms with Gasteiger partial charge in [0.05, 0.1) is 5.41 Å². The fraction of sp³-hybridized carbons (Fsp3) is 0.929. The Morgan fingerprint density at radius 3 is 2.35 bits per heavy atom. The minimum absolute atomic E-state index is 0.192. The molecule has 0 radical (unpaired) electrons. The van der Waals surface area contributed by atoms with E-state index in [0.717, 1.165) is 25.9 Å². The van der Waals surface area contributed by atoms with Crippen molar-refractivity contribution in [3.05, 3.63) is 0 Å². The van der Waals surface area contributed by atoms with Gasteiger partial charge in [-0.2, -0.15) is 0 Å². The van der Waals surface area contributed by atoms with Crippen molar-refractivity contribution in [1.29, 1.82) is 0 Å².